The van der Waals surface area contributed by atoms with Crippen LogP contribution in [0.4, 0.5) is 0 Å². The van der Waals surface area contributed by atoms with Gasteiger partial charge in [0.05, 0.1) is 6.10 Å². The lowest BCUT2D eigenvalue weighted by molar-refractivity contribution is -0.225. The molecule has 1 N–H and O–H groups in total. The molecule has 0 aromatic carbocycles. The third-order valence-corrected chi connectivity index (χ3v) is 4.28. The molecule has 3 aliphatic rings. The molecule has 1 spiro atoms. The molecule has 1 nitrogen and oxygen atoms in total. The highest BCUT2D eigenvalue weighted by atomic mass is 16.3. The van der Waals surface area contributed by atoms with Gasteiger partial charge in [0, 0.05) is 0 Å². The zero-order valence-electron chi connectivity index (χ0n) is 6.21. The fourth-order valence-electron chi connectivity index (χ4n) is 3.33. The van der Waals surface area contributed by atoms with Crippen LogP contribution in [0.1, 0.15) is 32.1 Å². The van der Waals surface area contributed by atoms with Gasteiger partial charge in [-0.2, -0.15) is 0 Å². The Bertz CT molecular complexity index is 172. The fourth-order valence-corrected chi connectivity index (χ4v) is 3.33. The molecule has 1 heteroatoms. The monoisotopic (exact) mass is 138 g/mol. The fraction of sp³-hybridized carbons (Fsp3) is 1.00. The molecule has 10 heavy (non-hydrogen) atoms. The zero-order valence-corrected chi connectivity index (χ0v) is 6.21. The molecule has 3 rings (SSSR count). The number of fused-ring (bicyclic) bond motifs is 2. The second kappa shape index (κ2) is 1.42. The molecule has 2 unspecified atom stereocenters. The SMILES string of the molecule is O[C@H]1CC2C1CC21CCC1. The van der Waals surface area contributed by atoms with Crippen LogP contribution in [0.5, 0.6) is 0 Å². The minimum atomic E-state index is 0.0937. The average Bonchev–Trinajstić information content (AvgIpc) is 1.79. The third kappa shape index (κ3) is 0.402. The van der Waals surface area contributed by atoms with E-state index in [0.29, 0.717) is 0 Å². The lowest BCUT2D eigenvalue weighted by Crippen LogP contribution is -2.63. The maximum absolute atomic E-state index is 9.29. The molecule has 0 amide bonds. The standard InChI is InChI=1S/C9H14O/c10-8-4-7-6(8)5-9(7)2-1-3-9/h6-8,10H,1-5H2/t6?,7?,8-/m0/s1. The molecule has 0 aromatic heterocycles. The molecular weight excluding hydrogens is 124 g/mol. The largest absolute Gasteiger partial charge is 0.393 e. The Labute approximate surface area is 61.4 Å². The Balaban J connectivity index is 1.76. The first-order valence-electron chi connectivity index (χ1n) is 4.50. The molecule has 0 aliphatic heterocycles. The Morgan fingerprint density at radius 3 is 2.40 bits per heavy atom. The summed E-state index contributed by atoms with van der Waals surface area (Å²) in [5.74, 6) is 1.69. The van der Waals surface area contributed by atoms with Gasteiger partial charge in [0.15, 0.2) is 0 Å². The maximum Gasteiger partial charge on any atom is 0.0574 e. The molecule has 3 aliphatic carbocycles. The van der Waals surface area contributed by atoms with Crippen LogP contribution in [-0.4, -0.2) is 11.2 Å². The van der Waals surface area contributed by atoms with E-state index in [-0.39, 0.29) is 6.10 Å². The van der Waals surface area contributed by atoms with Gasteiger partial charge in [-0.05, 0) is 42.9 Å². The van der Waals surface area contributed by atoms with Gasteiger partial charge in [-0.15, -0.1) is 0 Å². The van der Waals surface area contributed by atoms with Crippen molar-refractivity contribution >= 4 is 0 Å². The van der Waals surface area contributed by atoms with Crippen LogP contribution in [-0.2, 0) is 0 Å². The van der Waals surface area contributed by atoms with E-state index in [0.717, 1.165) is 23.7 Å². The number of aliphatic hydroxyl groups is 1. The number of hydrogen-bond acceptors (Lipinski definition) is 1. The van der Waals surface area contributed by atoms with Crippen LogP contribution < -0.4 is 0 Å². The normalized spacial score (nSPS) is 54.3. The Morgan fingerprint density at radius 2 is 2.10 bits per heavy atom. The van der Waals surface area contributed by atoms with E-state index in [9.17, 15) is 5.11 Å². The highest BCUT2D eigenvalue weighted by Crippen LogP contribution is 2.69. The molecule has 0 radical (unpaired) electrons. The molecular formula is C9H14O. The van der Waals surface area contributed by atoms with Gasteiger partial charge in [0.2, 0.25) is 0 Å². The number of rotatable bonds is 0. The van der Waals surface area contributed by atoms with E-state index in [1.165, 1.54) is 25.7 Å². The highest BCUT2D eigenvalue weighted by molar-refractivity contribution is 5.13. The van der Waals surface area contributed by atoms with E-state index in [1.54, 1.807) is 0 Å². The molecule has 0 bridgehead atoms. The van der Waals surface area contributed by atoms with Crippen molar-refractivity contribution in [3.8, 4) is 0 Å². The van der Waals surface area contributed by atoms with Gasteiger partial charge >= 0.3 is 0 Å². The predicted octanol–water partition coefficient (Wildman–Crippen LogP) is 1.56. The minimum absolute atomic E-state index is 0.0937. The van der Waals surface area contributed by atoms with Crippen LogP contribution in [0.25, 0.3) is 0 Å². The molecule has 3 saturated carbocycles. The van der Waals surface area contributed by atoms with Gasteiger partial charge in [0.1, 0.15) is 0 Å². The molecule has 0 heterocycles. The van der Waals surface area contributed by atoms with E-state index >= 15 is 0 Å². The van der Waals surface area contributed by atoms with Crippen molar-refractivity contribution in [2.75, 3.05) is 0 Å². The summed E-state index contributed by atoms with van der Waals surface area (Å²) in [7, 11) is 0. The number of aliphatic hydroxyl groups excluding tert-OH is 1. The first-order chi connectivity index (χ1) is 4.82. The Hall–Kier alpha value is -0.0400. The van der Waals surface area contributed by atoms with Crippen molar-refractivity contribution in [1.29, 1.82) is 0 Å². The summed E-state index contributed by atoms with van der Waals surface area (Å²) in [5, 5.41) is 9.29. The van der Waals surface area contributed by atoms with Gasteiger partial charge in [-0.3, -0.25) is 0 Å². The lowest BCUT2D eigenvalue weighted by atomic mass is 9.38. The van der Waals surface area contributed by atoms with Crippen molar-refractivity contribution < 1.29 is 5.11 Å². The third-order valence-electron chi connectivity index (χ3n) is 4.28. The van der Waals surface area contributed by atoms with Crippen molar-refractivity contribution in [2.24, 2.45) is 17.3 Å². The van der Waals surface area contributed by atoms with Gasteiger partial charge in [-0.1, -0.05) is 6.42 Å². The topological polar surface area (TPSA) is 20.2 Å². The lowest BCUT2D eigenvalue weighted by Gasteiger charge is -2.68. The maximum atomic E-state index is 9.29. The molecule has 0 aromatic rings. The summed E-state index contributed by atoms with van der Waals surface area (Å²) in [6.45, 7) is 0. The van der Waals surface area contributed by atoms with Crippen LogP contribution in [0.2, 0.25) is 0 Å². The van der Waals surface area contributed by atoms with E-state index in [4.69, 9.17) is 0 Å². The second-order valence-corrected chi connectivity index (χ2v) is 4.49. The summed E-state index contributed by atoms with van der Waals surface area (Å²) >= 11 is 0. The van der Waals surface area contributed by atoms with Crippen molar-refractivity contribution in [1.82, 2.24) is 0 Å². The zero-order chi connectivity index (χ0) is 6.77. The van der Waals surface area contributed by atoms with Gasteiger partial charge < -0.3 is 5.11 Å². The smallest absolute Gasteiger partial charge is 0.0574 e. The highest BCUT2D eigenvalue weighted by Gasteiger charge is 2.63. The van der Waals surface area contributed by atoms with E-state index in [1.807, 2.05) is 0 Å². The quantitative estimate of drug-likeness (QED) is 0.538. The van der Waals surface area contributed by atoms with Gasteiger partial charge in [-0.25, -0.2) is 0 Å². The summed E-state index contributed by atoms with van der Waals surface area (Å²) in [6, 6.07) is 0. The summed E-state index contributed by atoms with van der Waals surface area (Å²) < 4.78 is 0. The van der Waals surface area contributed by atoms with Crippen LogP contribution in [0.3, 0.4) is 0 Å². The summed E-state index contributed by atoms with van der Waals surface area (Å²) in [5.41, 5.74) is 0.782. The average molecular weight is 138 g/mol. The van der Waals surface area contributed by atoms with Crippen LogP contribution in [0.15, 0.2) is 0 Å². The molecule has 3 atom stereocenters. The van der Waals surface area contributed by atoms with Crippen molar-refractivity contribution in [3.63, 3.8) is 0 Å². The first kappa shape index (κ1) is 5.59. The van der Waals surface area contributed by atoms with Gasteiger partial charge in [0.25, 0.3) is 0 Å². The van der Waals surface area contributed by atoms with Crippen molar-refractivity contribution in [3.05, 3.63) is 0 Å². The number of hydrogen-bond donors (Lipinski definition) is 1. The Morgan fingerprint density at radius 1 is 1.30 bits per heavy atom. The second-order valence-electron chi connectivity index (χ2n) is 4.49. The molecule has 56 valence electrons. The minimum Gasteiger partial charge on any atom is -0.393 e. The van der Waals surface area contributed by atoms with E-state index < -0.39 is 0 Å². The van der Waals surface area contributed by atoms with Crippen LogP contribution >= 0.6 is 0 Å². The van der Waals surface area contributed by atoms with Crippen LogP contribution in [0, 0.1) is 17.3 Å². The predicted molar refractivity (Wildman–Crippen MR) is 38.5 cm³/mol. The molecule has 0 saturated heterocycles. The van der Waals surface area contributed by atoms with Crippen molar-refractivity contribution in [2.45, 2.75) is 38.2 Å². The molecule has 3 fully saturated rings. The Kier molecular flexibility index (Phi) is 0.797. The van der Waals surface area contributed by atoms with E-state index in [2.05, 4.69) is 0 Å². The first-order valence-corrected chi connectivity index (χ1v) is 4.50. The summed E-state index contributed by atoms with van der Waals surface area (Å²) in [6.07, 6.45) is 6.99. The summed E-state index contributed by atoms with van der Waals surface area (Å²) in [4.78, 5) is 0.